The van der Waals surface area contributed by atoms with Gasteiger partial charge in [0.15, 0.2) is 0 Å². The second-order valence-electron chi connectivity index (χ2n) is 7.20. The summed E-state index contributed by atoms with van der Waals surface area (Å²) in [5.74, 6) is -0.454. The second kappa shape index (κ2) is 9.11. The van der Waals surface area contributed by atoms with Gasteiger partial charge in [-0.3, -0.25) is 9.59 Å². The number of hydrogen-bond donors (Lipinski definition) is 0. The molecule has 0 N–H and O–H groups in total. The van der Waals surface area contributed by atoms with Crippen LogP contribution in [0.5, 0.6) is 0 Å². The third-order valence-corrected chi connectivity index (χ3v) is 5.23. The summed E-state index contributed by atoms with van der Waals surface area (Å²) in [5.41, 5.74) is 0.193. The van der Waals surface area contributed by atoms with Crippen molar-refractivity contribution >= 4 is 12.3 Å². The minimum absolute atomic E-state index is 0.00327. The molecule has 1 unspecified atom stereocenters. The van der Waals surface area contributed by atoms with Gasteiger partial charge in [0.2, 0.25) is 6.41 Å². The average molecular weight is 404 g/mol. The predicted molar refractivity (Wildman–Crippen MR) is 103 cm³/mol. The van der Waals surface area contributed by atoms with Crippen molar-refractivity contribution in [3.63, 3.8) is 0 Å². The standard InChI is InChI=1S/C22H23F3N2O2/c23-22(24,25)19-9-4-8-18(14-19)21(29)26(13-11-17-6-2-1-3-7-17)15-20-10-5-12-27(20)16-28/h1-4,6-9,14,16,20H,5,10-13,15H2. The molecule has 1 fully saturated rings. The molecule has 1 heterocycles. The zero-order valence-electron chi connectivity index (χ0n) is 15.9. The topological polar surface area (TPSA) is 40.6 Å². The van der Waals surface area contributed by atoms with Crippen LogP contribution in [0.15, 0.2) is 54.6 Å². The molecule has 1 saturated heterocycles. The lowest BCUT2D eigenvalue weighted by Gasteiger charge is -2.29. The SMILES string of the molecule is O=CN1CCCC1CN(CCc1ccccc1)C(=O)c1cccc(C(F)(F)F)c1. The molecule has 2 aromatic rings. The molecule has 154 valence electrons. The van der Waals surface area contributed by atoms with Crippen molar-refractivity contribution in [1.82, 2.24) is 9.80 Å². The molecule has 0 saturated carbocycles. The molecular formula is C22H23F3N2O2. The Morgan fingerprint density at radius 1 is 1.14 bits per heavy atom. The number of nitrogens with zero attached hydrogens (tertiary/aromatic N) is 2. The van der Waals surface area contributed by atoms with Crippen molar-refractivity contribution in [2.45, 2.75) is 31.5 Å². The van der Waals surface area contributed by atoms with Gasteiger partial charge in [-0.25, -0.2) is 0 Å². The molecule has 1 atom stereocenters. The predicted octanol–water partition coefficient (Wildman–Crippen LogP) is 4.01. The summed E-state index contributed by atoms with van der Waals surface area (Å²) < 4.78 is 39.2. The van der Waals surface area contributed by atoms with Gasteiger partial charge in [0.25, 0.3) is 5.91 Å². The van der Waals surface area contributed by atoms with Crippen LogP contribution in [0.1, 0.15) is 34.3 Å². The van der Waals surface area contributed by atoms with Crippen LogP contribution in [-0.2, 0) is 17.4 Å². The summed E-state index contributed by atoms with van der Waals surface area (Å²) in [7, 11) is 0. The number of rotatable bonds is 7. The normalized spacial score (nSPS) is 16.7. The van der Waals surface area contributed by atoms with E-state index in [1.807, 2.05) is 30.3 Å². The maximum atomic E-state index is 13.1. The van der Waals surface area contributed by atoms with Crippen molar-refractivity contribution in [3.05, 3.63) is 71.3 Å². The summed E-state index contributed by atoms with van der Waals surface area (Å²) in [6, 6.07) is 14.0. The molecule has 29 heavy (non-hydrogen) atoms. The molecule has 0 bridgehead atoms. The number of halogens is 3. The minimum atomic E-state index is -4.51. The third kappa shape index (κ3) is 5.37. The van der Waals surface area contributed by atoms with Gasteiger partial charge in [-0.05, 0) is 43.0 Å². The quantitative estimate of drug-likeness (QED) is 0.655. The molecule has 0 spiro atoms. The summed E-state index contributed by atoms with van der Waals surface area (Å²) in [6.07, 6.45) is -1.52. The van der Waals surface area contributed by atoms with Gasteiger partial charge < -0.3 is 9.80 Å². The lowest BCUT2D eigenvalue weighted by atomic mass is 10.1. The van der Waals surface area contributed by atoms with Gasteiger partial charge in [0.1, 0.15) is 0 Å². The first-order valence-corrected chi connectivity index (χ1v) is 9.60. The van der Waals surface area contributed by atoms with Gasteiger partial charge in [-0.15, -0.1) is 0 Å². The van der Waals surface area contributed by atoms with E-state index in [1.54, 1.807) is 9.80 Å². The van der Waals surface area contributed by atoms with E-state index in [4.69, 9.17) is 0 Å². The van der Waals surface area contributed by atoms with Crippen LogP contribution >= 0.6 is 0 Å². The molecule has 2 amide bonds. The zero-order valence-corrected chi connectivity index (χ0v) is 15.9. The van der Waals surface area contributed by atoms with E-state index in [0.29, 0.717) is 26.1 Å². The Bertz CT molecular complexity index is 839. The smallest absolute Gasteiger partial charge is 0.340 e. The van der Waals surface area contributed by atoms with Gasteiger partial charge >= 0.3 is 6.18 Å². The molecule has 0 aromatic heterocycles. The second-order valence-corrected chi connectivity index (χ2v) is 7.20. The van der Waals surface area contributed by atoms with Crippen molar-refractivity contribution in [2.24, 2.45) is 0 Å². The maximum absolute atomic E-state index is 13.1. The van der Waals surface area contributed by atoms with E-state index >= 15 is 0 Å². The van der Waals surface area contributed by atoms with Crippen molar-refractivity contribution in [3.8, 4) is 0 Å². The molecule has 2 aromatic carbocycles. The maximum Gasteiger partial charge on any atom is 0.416 e. The largest absolute Gasteiger partial charge is 0.416 e. The van der Waals surface area contributed by atoms with Gasteiger partial charge in [-0.1, -0.05) is 36.4 Å². The number of carbonyl (C=O) groups is 2. The Hall–Kier alpha value is -2.83. The van der Waals surface area contributed by atoms with E-state index in [2.05, 4.69) is 0 Å². The fourth-order valence-electron chi connectivity index (χ4n) is 3.64. The number of amides is 2. The highest BCUT2D eigenvalue weighted by atomic mass is 19.4. The summed E-state index contributed by atoms with van der Waals surface area (Å²) in [6.45, 7) is 1.31. The van der Waals surface area contributed by atoms with Crippen LogP contribution in [0.4, 0.5) is 13.2 Å². The Labute approximate surface area is 167 Å². The van der Waals surface area contributed by atoms with Crippen LogP contribution in [-0.4, -0.2) is 47.8 Å². The van der Waals surface area contributed by atoms with Gasteiger partial charge in [-0.2, -0.15) is 13.2 Å². The van der Waals surface area contributed by atoms with Crippen LogP contribution in [0, 0.1) is 0 Å². The van der Waals surface area contributed by atoms with E-state index in [-0.39, 0.29) is 11.6 Å². The molecule has 0 aliphatic carbocycles. The number of carbonyl (C=O) groups excluding carboxylic acids is 2. The lowest BCUT2D eigenvalue weighted by Crippen LogP contribution is -2.43. The van der Waals surface area contributed by atoms with E-state index in [9.17, 15) is 22.8 Å². The molecule has 7 heteroatoms. The third-order valence-electron chi connectivity index (χ3n) is 5.23. The van der Waals surface area contributed by atoms with Crippen molar-refractivity contribution < 1.29 is 22.8 Å². The first-order valence-electron chi connectivity index (χ1n) is 9.60. The van der Waals surface area contributed by atoms with Gasteiger partial charge in [0, 0.05) is 31.2 Å². The average Bonchev–Trinajstić information content (AvgIpc) is 3.18. The van der Waals surface area contributed by atoms with Crippen LogP contribution in [0.2, 0.25) is 0 Å². The Morgan fingerprint density at radius 3 is 2.59 bits per heavy atom. The molecular weight excluding hydrogens is 381 g/mol. The Kier molecular flexibility index (Phi) is 6.56. The Balaban J connectivity index is 1.81. The number of hydrogen-bond acceptors (Lipinski definition) is 2. The lowest BCUT2D eigenvalue weighted by molar-refractivity contribution is -0.137. The Morgan fingerprint density at radius 2 is 1.90 bits per heavy atom. The highest BCUT2D eigenvalue weighted by Crippen LogP contribution is 2.30. The van der Waals surface area contributed by atoms with Crippen molar-refractivity contribution in [1.29, 1.82) is 0 Å². The summed E-state index contributed by atoms with van der Waals surface area (Å²) >= 11 is 0. The highest BCUT2D eigenvalue weighted by molar-refractivity contribution is 5.94. The summed E-state index contributed by atoms with van der Waals surface area (Å²) in [5, 5.41) is 0. The number of benzene rings is 2. The molecule has 4 nitrogen and oxygen atoms in total. The first kappa shape index (κ1) is 20.9. The van der Waals surface area contributed by atoms with Crippen LogP contribution < -0.4 is 0 Å². The fraction of sp³-hybridized carbons (Fsp3) is 0.364. The molecule has 1 aliphatic heterocycles. The highest BCUT2D eigenvalue weighted by Gasteiger charge is 2.32. The number of alkyl halides is 3. The number of likely N-dealkylation sites (tertiary alicyclic amines) is 1. The van der Waals surface area contributed by atoms with Crippen molar-refractivity contribution in [2.75, 3.05) is 19.6 Å². The van der Waals surface area contributed by atoms with E-state index in [0.717, 1.165) is 36.9 Å². The molecule has 1 aliphatic rings. The summed E-state index contributed by atoms with van der Waals surface area (Å²) in [4.78, 5) is 27.6. The minimum Gasteiger partial charge on any atom is -0.340 e. The van der Waals surface area contributed by atoms with Crippen LogP contribution in [0.25, 0.3) is 0 Å². The fourth-order valence-corrected chi connectivity index (χ4v) is 3.64. The molecule has 3 rings (SSSR count). The van der Waals surface area contributed by atoms with E-state index in [1.165, 1.54) is 12.1 Å². The van der Waals surface area contributed by atoms with Gasteiger partial charge in [0.05, 0.1) is 5.56 Å². The zero-order chi connectivity index (χ0) is 20.9. The first-order chi connectivity index (χ1) is 13.9. The monoisotopic (exact) mass is 404 g/mol. The van der Waals surface area contributed by atoms with E-state index < -0.39 is 17.6 Å². The molecule has 0 radical (unpaired) electrons. The van der Waals surface area contributed by atoms with Crippen LogP contribution in [0.3, 0.4) is 0 Å².